The third-order valence-electron chi connectivity index (χ3n) is 5.17. The van der Waals surface area contributed by atoms with E-state index in [1.54, 1.807) is 0 Å². The van der Waals surface area contributed by atoms with Crippen LogP contribution in [0.2, 0.25) is 0 Å². The van der Waals surface area contributed by atoms with E-state index >= 15 is 0 Å². The fraction of sp³-hybridized carbons (Fsp3) is 0. The maximum absolute atomic E-state index is 4.74. The van der Waals surface area contributed by atoms with Gasteiger partial charge >= 0.3 is 0 Å². The van der Waals surface area contributed by atoms with Gasteiger partial charge in [0.2, 0.25) is 6.71 Å². The molecule has 2 heterocycles. The molecule has 0 atom stereocenters. The SMILES string of the molecule is c1ccc(B(c2ccccc2)c2ccc(-c3cn4ccccc4n3)cc2)cc1. The van der Waals surface area contributed by atoms with Gasteiger partial charge in [-0.1, -0.05) is 107 Å². The highest BCUT2D eigenvalue weighted by Crippen LogP contribution is 2.18. The highest BCUT2D eigenvalue weighted by molar-refractivity contribution is 6.95. The first-order valence-corrected chi connectivity index (χ1v) is 9.52. The average Bonchev–Trinajstić information content (AvgIpc) is 3.20. The minimum Gasteiger partial charge on any atom is -0.306 e. The summed E-state index contributed by atoms with van der Waals surface area (Å²) in [6.07, 6.45) is 4.11. The topological polar surface area (TPSA) is 17.3 Å². The van der Waals surface area contributed by atoms with Crippen LogP contribution >= 0.6 is 0 Å². The molecule has 0 aliphatic heterocycles. The molecule has 0 unspecified atom stereocenters. The zero-order valence-corrected chi connectivity index (χ0v) is 15.4. The number of hydrogen-bond donors (Lipinski definition) is 0. The number of rotatable bonds is 4. The minimum absolute atomic E-state index is 0.220. The number of fused-ring (bicyclic) bond motifs is 1. The standard InChI is InChI=1S/C25H19BN2/c1-3-9-21(10-4-1)26(22-11-5-2-6-12-22)23-16-14-20(15-17-23)24-19-28-18-8-7-13-25(28)27-24/h1-19H. The quantitative estimate of drug-likeness (QED) is 0.450. The first-order valence-electron chi connectivity index (χ1n) is 9.52. The Hall–Kier alpha value is -3.59. The second kappa shape index (κ2) is 7.20. The zero-order valence-electron chi connectivity index (χ0n) is 15.4. The predicted molar refractivity (Wildman–Crippen MR) is 118 cm³/mol. The van der Waals surface area contributed by atoms with Gasteiger partial charge in [0, 0.05) is 18.0 Å². The summed E-state index contributed by atoms with van der Waals surface area (Å²) >= 11 is 0. The molecule has 3 aromatic carbocycles. The first kappa shape index (κ1) is 16.6. The molecular weight excluding hydrogens is 339 g/mol. The Bertz CT molecular complexity index is 1120. The fourth-order valence-electron chi connectivity index (χ4n) is 3.79. The molecule has 2 aromatic heterocycles. The molecule has 0 aliphatic carbocycles. The van der Waals surface area contributed by atoms with Crippen molar-refractivity contribution in [2.24, 2.45) is 0 Å². The molecule has 0 amide bonds. The van der Waals surface area contributed by atoms with E-state index in [9.17, 15) is 0 Å². The molecule has 2 nitrogen and oxygen atoms in total. The maximum Gasteiger partial charge on any atom is 0.241 e. The van der Waals surface area contributed by atoms with E-state index < -0.39 is 0 Å². The van der Waals surface area contributed by atoms with Crippen molar-refractivity contribution in [3.05, 3.63) is 116 Å². The van der Waals surface area contributed by atoms with Crippen LogP contribution in [0.1, 0.15) is 0 Å². The fourth-order valence-corrected chi connectivity index (χ4v) is 3.79. The Balaban J connectivity index is 1.55. The summed E-state index contributed by atoms with van der Waals surface area (Å²) in [5.41, 5.74) is 6.97. The van der Waals surface area contributed by atoms with Gasteiger partial charge < -0.3 is 4.40 Å². The second-order valence-corrected chi connectivity index (χ2v) is 6.97. The molecule has 3 heteroatoms. The highest BCUT2D eigenvalue weighted by Gasteiger charge is 2.21. The van der Waals surface area contributed by atoms with Crippen LogP contribution in [0.25, 0.3) is 16.9 Å². The molecule has 5 aromatic rings. The maximum atomic E-state index is 4.74. The van der Waals surface area contributed by atoms with Crippen LogP contribution in [-0.4, -0.2) is 16.1 Å². The lowest BCUT2D eigenvalue weighted by Crippen LogP contribution is -2.51. The van der Waals surface area contributed by atoms with Gasteiger partial charge in [0.05, 0.1) is 5.69 Å². The molecular formula is C25H19BN2. The van der Waals surface area contributed by atoms with Crippen LogP contribution in [0.15, 0.2) is 116 Å². The molecule has 132 valence electrons. The number of nitrogens with zero attached hydrogens (tertiary/aromatic N) is 2. The van der Waals surface area contributed by atoms with Crippen LogP contribution in [0.3, 0.4) is 0 Å². The third kappa shape index (κ3) is 3.12. The zero-order chi connectivity index (χ0) is 18.8. The van der Waals surface area contributed by atoms with Crippen LogP contribution in [0.4, 0.5) is 0 Å². The smallest absolute Gasteiger partial charge is 0.241 e. The molecule has 0 N–H and O–H groups in total. The Morgan fingerprint density at radius 3 is 1.75 bits per heavy atom. The van der Waals surface area contributed by atoms with Crippen molar-refractivity contribution in [3.63, 3.8) is 0 Å². The van der Waals surface area contributed by atoms with Crippen molar-refractivity contribution in [3.8, 4) is 11.3 Å². The molecule has 0 radical (unpaired) electrons. The summed E-state index contributed by atoms with van der Waals surface area (Å²) < 4.78 is 2.06. The van der Waals surface area contributed by atoms with Gasteiger partial charge in [0.25, 0.3) is 0 Å². The van der Waals surface area contributed by atoms with Gasteiger partial charge in [0.15, 0.2) is 0 Å². The van der Waals surface area contributed by atoms with E-state index in [0.717, 1.165) is 16.9 Å². The average molecular weight is 358 g/mol. The Labute approximate surface area is 165 Å². The van der Waals surface area contributed by atoms with Crippen molar-refractivity contribution in [1.82, 2.24) is 9.38 Å². The van der Waals surface area contributed by atoms with E-state index in [0.29, 0.717) is 0 Å². The van der Waals surface area contributed by atoms with Crippen LogP contribution < -0.4 is 16.4 Å². The van der Waals surface area contributed by atoms with Gasteiger partial charge in [-0.05, 0) is 12.1 Å². The number of imidazole rings is 1. The largest absolute Gasteiger partial charge is 0.306 e. The molecule has 0 saturated heterocycles. The van der Waals surface area contributed by atoms with Crippen LogP contribution in [-0.2, 0) is 0 Å². The van der Waals surface area contributed by atoms with Crippen molar-refractivity contribution < 1.29 is 0 Å². The molecule has 0 spiro atoms. The van der Waals surface area contributed by atoms with Gasteiger partial charge in [0.1, 0.15) is 5.65 Å². The summed E-state index contributed by atoms with van der Waals surface area (Å²) in [5.74, 6) is 0. The summed E-state index contributed by atoms with van der Waals surface area (Å²) in [4.78, 5) is 4.74. The monoisotopic (exact) mass is 358 g/mol. The van der Waals surface area contributed by atoms with Crippen molar-refractivity contribution in [2.75, 3.05) is 0 Å². The number of aromatic nitrogens is 2. The summed E-state index contributed by atoms with van der Waals surface area (Å²) in [7, 11) is 0. The summed E-state index contributed by atoms with van der Waals surface area (Å²) in [5, 5.41) is 0. The van der Waals surface area contributed by atoms with Crippen molar-refractivity contribution >= 4 is 28.7 Å². The van der Waals surface area contributed by atoms with Crippen molar-refractivity contribution in [2.45, 2.75) is 0 Å². The minimum atomic E-state index is 0.220. The summed E-state index contributed by atoms with van der Waals surface area (Å²) in [6, 6.07) is 36.2. The lowest BCUT2D eigenvalue weighted by Gasteiger charge is -2.15. The van der Waals surface area contributed by atoms with Crippen LogP contribution in [0.5, 0.6) is 0 Å². The first-order chi connectivity index (χ1) is 13.9. The van der Waals surface area contributed by atoms with E-state index in [4.69, 9.17) is 4.98 Å². The molecule has 5 rings (SSSR count). The van der Waals surface area contributed by atoms with Gasteiger partial charge in [-0.2, -0.15) is 0 Å². The number of benzene rings is 3. The molecule has 0 bridgehead atoms. The van der Waals surface area contributed by atoms with Gasteiger partial charge in [-0.3, -0.25) is 0 Å². The lowest BCUT2D eigenvalue weighted by molar-refractivity contribution is 1.19. The third-order valence-corrected chi connectivity index (χ3v) is 5.17. The van der Waals surface area contributed by atoms with E-state index in [-0.39, 0.29) is 6.71 Å². The second-order valence-electron chi connectivity index (χ2n) is 6.97. The van der Waals surface area contributed by atoms with E-state index in [2.05, 4.69) is 95.5 Å². The molecule has 0 saturated carbocycles. The Morgan fingerprint density at radius 1 is 0.571 bits per heavy atom. The Morgan fingerprint density at radius 2 is 1.14 bits per heavy atom. The normalized spacial score (nSPS) is 10.9. The summed E-state index contributed by atoms with van der Waals surface area (Å²) in [6.45, 7) is 0.220. The molecule has 0 fully saturated rings. The van der Waals surface area contributed by atoms with Gasteiger partial charge in [-0.25, -0.2) is 4.98 Å². The van der Waals surface area contributed by atoms with Gasteiger partial charge in [-0.15, -0.1) is 0 Å². The number of pyridine rings is 1. The van der Waals surface area contributed by atoms with E-state index in [1.165, 1.54) is 16.4 Å². The van der Waals surface area contributed by atoms with Crippen molar-refractivity contribution in [1.29, 1.82) is 0 Å². The highest BCUT2D eigenvalue weighted by atomic mass is 15.0. The predicted octanol–water partition coefficient (Wildman–Crippen LogP) is 3.52. The molecule has 0 aliphatic rings. The van der Waals surface area contributed by atoms with E-state index in [1.807, 2.05) is 24.4 Å². The lowest BCUT2D eigenvalue weighted by atomic mass is 9.37. The molecule has 28 heavy (non-hydrogen) atoms. The number of hydrogen-bond acceptors (Lipinski definition) is 1. The van der Waals surface area contributed by atoms with Crippen LogP contribution in [0, 0.1) is 0 Å². The Kier molecular flexibility index (Phi) is 4.26.